The number of halogens is 6. The van der Waals surface area contributed by atoms with E-state index >= 15 is 0 Å². The molecular weight excluding hydrogens is 836 g/mol. The molecule has 0 aliphatic heterocycles. The van der Waals surface area contributed by atoms with Gasteiger partial charge in [-0.2, -0.15) is 0 Å². The van der Waals surface area contributed by atoms with Gasteiger partial charge >= 0.3 is 33.0 Å². The Hall–Kier alpha value is -5.21. The Morgan fingerprint density at radius 3 is 1.00 bits per heavy atom. The zero-order valence-corrected chi connectivity index (χ0v) is 35.7. The van der Waals surface area contributed by atoms with E-state index in [4.69, 9.17) is 9.98 Å². The van der Waals surface area contributed by atoms with Gasteiger partial charge in [0.15, 0.2) is 0 Å². The molecule has 12 heteroatoms. The van der Waals surface area contributed by atoms with Gasteiger partial charge in [0.05, 0.1) is 0 Å². The Morgan fingerprint density at radius 2 is 0.733 bits per heavy atom. The van der Waals surface area contributed by atoms with Crippen LogP contribution >= 0.6 is 7.81 Å². The zero-order chi connectivity index (χ0) is 42.9. The molecule has 0 fully saturated rings. The summed E-state index contributed by atoms with van der Waals surface area (Å²) in [4.78, 5) is 10.4. The van der Waals surface area contributed by atoms with Crippen LogP contribution in [0.4, 0.5) is 25.2 Å². The van der Waals surface area contributed by atoms with Crippen LogP contribution in [0.15, 0.2) is 156 Å². The maximum atomic E-state index is 11.8. The van der Waals surface area contributed by atoms with Crippen molar-refractivity contribution in [3.05, 3.63) is 201 Å². The topological polar surface area (TPSA) is 65.2 Å². The SMILES string of the molecule is CCC(c1ccccc1)c1c(C)ccc(C=N[C@@H](c2ccccc2)[C@@H](N=Cc2ccc(C)c(C(CC)c3ccccc3)c2O)c2ccccc2)c1O.F[P-](F)(F)(F)(F)F.[Mn]. The number of nitrogens with zero attached hydrogens (tertiary/aromatic N) is 2. The average molecular weight is 885 g/mol. The molecule has 4 atom stereocenters. The van der Waals surface area contributed by atoms with Crippen molar-refractivity contribution < 1.29 is 52.5 Å². The first-order chi connectivity index (χ1) is 27.9. The summed E-state index contributed by atoms with van der Waals surface area (Å²) in [5, 5.41) is 23.6. The molecule has 2 N–H and O–H groups in total. The molecule has 0 heterocycles. The van der Waals surface area contributed by atoms with E-state index in [0.29, 0.717) is 11.1 Å². The second kappa shape index (κ2) is 19.4. The van der Waals surface area contributed by atoms with Crippen LogP contribution in [0.5, 0.6) is 11.5 Å². The predicted octanol–water partition coefficient (Wildman–Crippen LogP) is 15.2. The third kappa shape index (κ3) is 13.4. The minimum atomic E-state index is -10.7. The van der Waals surface area contributed by atoms with Crippen LogP contribution < -0.4 is 0 Å². The minimum Gasteiger partial charge on any atom is 0 e. The summed E-state index contributed by atoms with van der Waals surface area (Å²) >= 11 is 0. The van der Waals surface area contributed by atoms with E-state index in [1.54, 1.807) is 12.4 Å². The smallest absolute Gasteiger partial charge is 0 e. The fourth-order valence-electron chi connectivity index (χ4n) is 7.44. The fourth-order valence-corrected chi connectivity index (χ4v) is 7.44. The van der Waals surface area contributed by atoms with Gasteiger partial charge in [-0.25, -0.2) is 0 Å². The van der Waals surface area contributed by atoms with Crippen molar-refractivity contribution in [2.75, 3.05) is 0 Å². The van der Waals surface area contributed by atoms with Gasteiger partial charge in [0.1, 0.15) is 23.6 Å². The van der Waals surface area contributed by atoms with Crippen molar-refractivity contribution >= 4 is 20.2 Å². The maximum absolute atomic E-state index is 11.8. The molecule has 0 aliphatic rings. The molecule has 6 aromatic carbocycles. The minimum absolute atomic E-state index is 0. The van der Waals surface area contributed by atoms with Gasteiger partial charge in [-0.15, -0.1) is 0 Å². The number of rotatable bonds is 13. The number of hydrogen-bond donors (Lipinski definition) is 2. The number of benzene rings is 6. The molecule has 6 aromatic rings. The van der Waals surface area contributed by atoms with Crippen LogP contribution in [0, 0.1) is 13.8 Å². The number of aromatic hydroxyl groups is 2. The summed E-state index contributed by atoms with van der Waals surface area (Å²) in [5.41, 5.74) is 9.63. The van der Waals surface area contributed by atoms with E-state index in [9.17, 15) is 35.4 Å². The quantitative estimate of drug-likeness (QED) is 0.0525. The van der Waals surface area contributed by atoms with Crippen molar-refractivity contribution in [1.29, 1.82) is 0 Å². The number of aliphatic imine (C=N–C) groups is 2. The fraction of sp³-hybridized carbons (Fsp3) is 0.208. The molecule has 0 bridgehead atoms. The van der Waals surface area contributed by atoms with Gasteiger partial charge in [0.25, 0.3) is 0 Å². The number of phenols is 2. The number of aryl methyl sites for hydroxylation is 2. The van der Waals surface area contributed by atoms with E-state index in [1.165, 1.54) is 11.1 Å². The monoisotopic (exact) mass is 884 g/mol. The van der Waals surface area contributed by atoms with E-state index in [2.05, 4.69) is 88.4 Å². The molecule has 0 aliphatic carbocycles. The predicted molar refractivity (Wildman–Crippen MR) is 230 cm³/mol. The van der Waals surface area contributed by atoms with Gasteiger partial charge in [0.2, 0.25) is 0 Å². The van der Waals surface area contributed by atoms with Crippen molar-refractivity contribution in [2.24, 2.45) is 9.98 Å². The average Bonchev–Trinajstić information content (AvgIpc) is 3.20. The summed E-state index contributed by atoms with van der Waals surface area (Å²) < 4.78 is 59.2. The zero-order valence-electron chi connectivity index (χ0n) is 33.6. The Labute approximate surface area is 358 Å². The van der Waals surface area contributed by atoms with Gasteiger partial charge in [-0.1, -0.05) is 147 Å². The summed E-state index contributed by atoms with van der Waals surface area (Å²) in [6.07, 6.45) is 5.31. The second-order valence-corrected chi connectivity index (χ2v) is 16.4. The Bertz CT molecular complexity index is 2200. The standard InChI is InChI=1S/C48H48N2O2.F6P.Mn/c1-5-41(35-19-11-7-12-20-35)43-33(3)27-29-39(47(43)51)31-49-45(37-23-15-9-16-24-37)46(38-25-17-10-18-26-38)50-32-40-30-28-34(4)44(48(40)52)42(6-2)36-21-13-8-14-22-36;1-7(2,3,4,5)6;/h7-32,41-42,45-46,51-52H,5-6H2,1-4H3;;/q;-1;/t41?,42?,45-,46-;;/m0../s1. The van der Waals surface area contributed by atoms with Crippen LogP contribution in [0.2, 0.25) is 0 Å². The van der Waals surface area contributed by atoms with Gasteiger partial charge in [0, 0.05) is 63.6 Å². The molecule has 2 unspecified atom stereocenters. The molecule has 0 spiro atoms. The van der Waals surface area contributed by atoms with Crippen LogP contribution in [0.3, 0.4) is 0 Å². The van der Waals surface area contributed by atoms with E-state index in [1.807, 2.05) is 84.9 Å². The van der Waals surface area contributed by atoms with Crippen molar-refractivity contribution in [2.45, 2.75) is 64.5 Å². The van der Waals surface area contributed by atoms with Gasteiger partial charge < -0.3 is 10.2 Å². The van der Waals surface area contributed by atoms with Crippen molar-refractivity contribution in [3.63, 3.8) is 0 Å². The van der Waals surface area contributed by atoms with Gasteiger partial charge in [-0.05, 0) is 72.2 Å². The second-order valence-electron chi connectivity index (χ2n) is 14.4. The first-order valence-corrected chi connectivity index (χ1v) is 21.4. The summed E-state index contributed by atoms with van der Waals surface area (Å²) in [5.74, 6) is 0.629. The van der Waals surface area contributed by atoms with Crippen LogP contribution in [0.25, 0.3) is 0 Å². The number of phenolic OH excluding ortho intramolecular Hbond substituents is 2. The molecule has 60 heavy (non-hydrogen) atoms. The van der Waals surface area contributed by atoms with Crippen LogP contribution in [-0.4, -0.2) is 22.6 Å². The van der Waals surface area contributed by atoms with E-state index in [0.717, 1.165) is 46.2 Å². The van der Waals surface area contributed by atoms with Crippen molar-refractivity contribution in [1.82, 2.24) is 0 Å². The Kier molecular flexibility index (Phi) is 15.4. The largest absolute Gasteiger partial charge is 0 e. The molecule has 0 saturated carbocycles. The first kappa shape index (κ1) is 47.5. The third-order valence-electron chi connectivity index (χ3n) is 10.2. The molecule has 1 radical (unpaired) electrons. The molecule has 317 valence electrons. The molecule has 0 aromatic heterocycles. The van der Waals surface area contributed by atoms with E-state index < -0.39 is 19.9 Å². The molecule has 4 nitrogen and oxygen atoms in total. The number of hydrogen-bond acceptors (Lipinski definition) is 4. The third-order valence-corrected chi connectivity index (χ3v) is 10.2. The Balaban J connectivity index is 0.000000912. The van der Waals surface area contributed by atoms with Gasteiger partial charge in [-0.3, -0.25) is 9.98 Å². The summed E-state index contributed by atoms with van der Waals surface area (Å²) in [6, 6.07) is 48.3. The van der Waals surface area contributed by atoms with Crippen LogP contribution in [-0.2, 0) is 17.1 Å². The Morgan fingerprint density at radius 1 is 0.467 bits per heavy atom. The summed E-state index contributed by atoms with van der Waals surface area (Å²) in [6.45, 7) is 8.43. The van der Waals surface area contributed by atoms with Crippen molar-refractivity contribution in [3.8, 4) is 11.5 Å². The normalized spacial score (nSPS) is 14.8. The van der Waals surface area contributed by atoms with Crippen LogP contribution in [0.1, 0.15) is 106 Å². The molecule has 0 saturated heterocycles. The molecule has 6 rings (SSSR count). The molecule has 0 amide bonds. The molecular formula is C48H48F6MnN2O2P-. The van der Waals surface area contributed by atoms with E-state index in [-0.39, 0.29) is 40.4 Å². The first-order valence-electron chi connectivity index (χ1n) is 19.3. The summed E-state index contributed by atoms with van der Waals surface area (Å²) in [7, 11) is -10.7. The maximum Gasteiger partial charge on any atom is 0 e.